The van der Waals surface area contributed by atoms with Crippen molar-refractivity contribution in [3.8, 4) is 0 Å². The molecule has 1 saturated heterocycles. The van der Waals surface area contributed by atoms with E-state index in [1.54, 1.807) is 11.5 Å². The number of hydrogen-bond acceptors (Lipinski definition) is 5. The van der Waals surface area contributed by atoms with Crippen molar-refractivity contribution in [3.63, 3.8) is 0 Å². The Labute approximate surface area is 225 Å². The number of urea groups is 1. The van der Waals surface area contributed by atoms with Gasteiger partial charge >= 0.3 is 6.03 Å². The molecule has 37 heavy (non-hydrogen) atoms. The first-order valence-corrected chi connectivity index (χ1v) is 14.9. The molecule has 1 aliphatic heterocycles. The molecule has 6 nitrogen and oxygen atoms in total. The molecule has 0 atom stereocenters. The maximum absolute atomic E-state index is 13.1. The normalized spacial score (nSPS) is 20.7. The molecule has 0 bridgehead atoms. The molecule has 2 aliphatic rings. The van der Waals surface area contributed by atoms with Gasteiger partial charge in [0.1, 0.15) is 5.82 Å². The molecule has 0 unspecified atom stereocenters. The number of nitrogens with one attached hydrogen (secondary N) is 1. The van der Waals surface area contributed by atoms with E-state index in [4.69, 9.17) is 4.37 Å². The summed E-state index contributed by atoms with van der Waals surface area (Å²) in [6.07, 6.45) is 8.00. The molecule has 198 valence electrons. The van der Waals surface area contributed by atoms with Gasteiger partial charge in [-0.25, -0.2) is 4.79 Å². The predicted molar refractivity (Wildman–Crippen MR) is 156 cm³/mol. The number of carbonyl (C=O) groups is 1. The van der Waals surface area contributed by atoms with Gasteiger partial charge in [0.25, 0.3) is 0 Å². The van der Waals surface area contributed by atoms with Crippen molar-refractivity contribution in [2.24, 2.45) is 5.92 Å². The number of hydrogen-bond donors (Lipinski definition) is 1. The van der Waals surface area contributed by atoms with Crippen LogP contribution in [0.1, 0.15) is 51.9 Å². The van der Waals surface area contributed by atoms with Crippen LogP contribution in [0.15, 0.2) is 54.6 Å². The van der Waals surface area contributed by atoms with Gasteiger partial charge in [0.2, 0.25) is 0 Å². The van der Waals surface area contributed by atoms with Gasteiger partial charge in [-0.05, 0) is 86.8 Å². The highest BCUT2D eigenvalue weighted by molar-refractivity contribution is 7.13. The van der Waals surface area contributed by atoms with Crippen molar-refractivity contribution in [1.29, 1.82) is 0 Å². The highest BCUT2D eigenvalue weighted by atomic mass is 32.1. The van der Waals surface area contributed by atoms with Crippen LogP contribution in [-0.2, 0) is 0 Å². The largest absolute Gasteiger partial charge is 0.353 e. The minimum atomic E-state index is 0.0638. The van der Waals surface area contributed by atoms with Crippen molar-refractivity contribution in [2.75, 3.05) is 49.1 Å². The van der Waals surface area contributed by atoms with Crippen LogP contribution >= 0.6 is 11.5 Å². The monoisotopic (exact) mass is 519 g/mol. The average Bonchev–Trinajstić information content (AvgIpc) is 3.38. The van der Waals surface area contributed by atoms with E-state index >= 15 is 0 Å². The summed E-state index contributed by atoms with van der Waals surface area (Å²) in [5.41, 5.74) is 0.991. The van der Waals surface area contributed by atoms with Gasteiger partial charge in [-0.15, -0.1) is 0 Å². The maximum atomic E-state index is 13.1. The summed E-state index contributed by atoms with van der Waals surface area (Å²) in [6.45, 7) is 8.48. The van der Waals surface area contributed by atoms with Crippen LogP contribution in [0, 0.1) is 5.92 Å². The molecule has 2 aromatic carbocycles. The number of carbonyl (C=O) groups excluding carboxylic acids is 1. The lowest BCUT2D eigenvalue weighted by Gasteiger charge is -2.36. The van der Waals surface area contributed by atoms with Crippen LogP contribution < -0.4 is 15.1 Å². The molecular weight excluding hydrogens is 478 g/mol. The topological polar surface area (TPSA) is 51.7 Å². The minimum absolute atomic E-state index is 0.0638. The number of unbranched alkanes of at least 4 members (excludes halogenated alkanes) is 1. The zero-order chi connectivity index (χ0) is 25.5. The molecule has 0 spiro atoms. The SMILES string of the molecule is CCCCN(C(=O)NC1CCC(CCN2CCN(c3nsc4ccccc34)CC2)CC1)c1ccccc1. The Balaban J connectivity index is 1.03. The fourth-order valence-electron chi connectivity index (χ4n) is 5.77. The smallest absolute Gasteiger partial charge is 0.322 e. The van der Waals surface area contributed by atoms with Gasteiger partial charge < -0.3 is 10.2 Å². The minimum Gasteiger partial charge on any atom is -0.353 e. The first-order valence-electron chi connectivity index (χ1n) is 14.2. The number of fused-ring (bicyclic) bond motifs is 1. The number of benzene rings is 2. The summed E-state index contributed by atoms with van der Waals surface area (Å²) in [5.74, 6) is 1.94. The van der Waals surface area contributed by atoms with Gasteiger partial charge in [-0.2, -0.15) is 4.37 Å². The van der Waals surface area contributed by atoms with E-state index < -0.39 is 0 Å². The highest BCUT2D eigenvalue weighted by Crippen LogP contribution is 2.31. The van der Waals surface area contributed by atoms with Crippen molar-refractivity contribution >= 4 is 39.2 Å². The molecule has 1 saturated carbocycles. The van der Waals surface area contributed by atoms with Crippen molar-refractivity contribution in [3.05, 3.63) is 54.6 Å². The fourth-order valence-corrected chi connectivity index (χ4v) is 6.56. The number of amides is 2. The molecular formula is C30H41N5OS. The number of aromatic nitrogens is 1. The Hall–Kier alpha value is -2.64. The third kappa shape index (κ3) is 6.63. The zero-order valence-electron chi connectivity index (χ0n) is 22.1. The Kier molecular flexibility index (Phi) is 8.95. The number of para-hydroxylation sites is 1. The van der Waals surface area contributed by atoms with E-state index in [1.165, 1.54) is 41.7 Å². The number of nitrogens with zero attached hydrogens (tertiary/aromatic N) is 4. The lowest BCUT2D eigenvalue weighted by molar-refractivity contribution is 0.207. The van der Waals surface area contributed by atoms with Crippen LogP contribution in [0.3, 0.4) is 0 Å². The second-order valence-electron chi connectivity index (χ2n) is 10.6. The van der Waals surface area contributed by atoms with Crippen LogP contribution in [0.2, 0.25) is 0 Å². The van der Waals surface area contributed by atoms with Gasteiger partial charge in [-0.1, -0.05) is 43.7 Å². The van der Waals surface area contributed by atoms with E-state index in [9.17, 15) is 4.79 Å². The number of rotatable bonds is 9. The van der Waals surface area contributed by atoms with Crippen LogP contribution in [0.4, 0.5) is 16.3 Å². The summed E-state index contributed by atoms with van der Waals surface area (Å²) in [6, 6.07) is 19.0. The highest BCUT2D eigenvalue weighted by Gasteiger charge is 2.26. The van der Waals surface area contributed by atoms with Gasteiger partial charge in [0.05, 0.1) is 4.70 Å². The molecule has 1 N–H and O–H groups in total. The molecule has 0 radical (unpaired) electrons. The van der Waals surface area contributed by atoms with Crippen molar-refractivity contribution in [1.82, 2.24) is 14.6 Å². The molecule has 2 amide bonds. The molecule has 2 heterocycles. The van der Waals surface area contributed by atoms with Gasteiger partial charge in [-0.3, -0.25) is 9.80 Å². The Morgan fingerprint density at radius 3 is 2.49 bits per heavy atom. The number of anilines is 2. The molecule has 5 rings (SSSR count). The molecule has 2 fully saturated rings. The molecule has 1 aliphatic carbocycles. The summed E-state index contributed by atoms with van der Waals surface area (Å²) in [4.78, 5) is 20.1. The van der Waals surface area contributed by atoms with Crippen molar-refractivity contribution in [2.45, 2.75) is 57.9 Å². The van der Waals surface area contributed by atoms with Crippen LogP contribution in [0.5, 0.6) is 0 Å². The Morgan fingerprint density at radius 2 is 1.73 bits per heavy atom. The average molecular weight is 520 g/mol. The number of piperazine rings is 1. The summed E-state index contributed by atoms with van der Waals surface area (Å²) >= 11 is 1.61. The van der Waals surface area contributed by atoms with E-state index in [0.717, 1.165) is 70.0 Å². The molecule has 1 aromatic heterocycles. The van der Waals surface area contributed by atoms with Gasteiger partial charge in [0.15, 0.2) is 0 Å². The lowest BCUT2D eigenvalue weighted by Crippen LogP contribution is -2.47. The molecule has 7 heteroatoms. The Morgan fingerprint density at radius 1 is 1.00 bits per heavy atom. The second-order valence-corrected chi connectivity index (χ2v) is 11.4. The lowest BCUT2D eigenvalue weighted by atomic mass is 9.84. The van der Waals surface area contributed by atoms with Crippen LogP contribution in [0.25, 0.3) is 10.1 Å². The third-order valence-electron chi connectivity index (χ3n) is 8.11. The fraction of sp³-hybridized carbons (Fsp3) is 0.533. The van der Waals surface area contributed by atoms with E-state index in [0.29, 0.717) is 6.04 Å². The summed E-state index contributed by atoms with van der Waals surface area (Å²) < 4.78 is 6.03. The quantitative estimate of drug-likeness (QED) is 0.356. The second kappa shape index (κ2) is 12.7. The summed E-state index contributed by atoms with van der Waals surface area (Å²) in [5, 5.41) is 4.64. The zero-order valence-corrected chi connectivity index (χ0v) is 23.0. The predicted octanol–water partition coefficient (Wildman–Crippen LogP) is 6.38. The van der Waals surface area contributed by atoms with E-state index in [2.05, 4.69) is 46.3 Å². The standard InChI is InChI=1S/C30H41N5OS/c1-2-3-18-35(26-9-5-4-6-10-26)30(36)31-25-15-13-24(14-16-25)17-19-33-20-22-34(23-21-33)29-27-11-7-8-12-28(27)37-32-29/h4-12,24-25H,2-3,13-23H2,1H3,(H,31,36). The van der Waals surface area contributed by atoms with E-state index in [1.807, 2.05) is 35.2 Å². The van der Waals surface area contributed by atoms with Crippen LogP contribution in [-0.4, -0.2) is 60.6 Å². The van der Waals surface area contributed by atoms with Crippen molar-refractivity contribution < 1.29 is 4.79 Å². The molecule has 3 aromatic rings. The maximum Gasteiger partial charge on any atom is 0.322 e. The van der Waals surface area contributed by atoms with E-state index in [-0.39, 0.29) is 6.03 Å². The van der Waals surface area contributed by atoms with Gasteiger partial charge in [0, 0.05) is 49.8 Å². The Bertz CT molecular complexity index is 1120. The summed E-state index contributed by atoms with van der Waals surface area (Å²) in [7, 11) is 0. The first-order chi connectivity index (χ1) is 18.2. The third-order valence-corrected chi connectivity index (χ3v) is 8.92. The first kappa shape index (κ1) is 26.0.